The number of amides is 3. The number of hydrogen-bond donors (Lipinski definition) is 2. The summed E-state index contributed by atoms with van der Waals surface area (Å²) in [6.45, 7) is 8.05. The zero-order valence-electron chi connectivity index (χ0n) is 21.4. The van der Waals surface area contributed by atoms with Gasteiger partial charge in [-0.15, -0.1) is 0 Å². The van der Waals surface area contributed by atoms with E-state index in [1.807, 2.05) is 18.2 Å². The van der Waals surface area contributed by atoms with Gasteiger partial charge in [0.1, 0.15) is 17.9 Å². The average Bonchev–Trinajstić information content (AvgIpc) is 3.59. The third kappa shape index (κ3) is 4.12. The monoisotopic (exact) mass is 494 g/mol. The number of ether oxygens (including phenoxy) is 1. The Morgan fingerprint density at radius 1 is 1.11 bits per heavy atom. The third-order valence-corrected chi connectivity index (χ3v) is 9.08. The quantitative estimate of drug-likeness (QED) is 0.567. The second-order valence-electron chi connectivity index (χ2n) is 11.7. The van der Waals surface area contributed by atoms with E-state index in [1.54, 1.807) is 4.90 Å². The first-order chi connectivity index (χ1) is 17.4. The van der Waals surface area contributed by atoms with Crippen molar-refractivity contribution in [3.63, 3.8) is 0 Å². The Labute approximate surface area is 213 Å². The Balaban J connectivity index is 1.11. The summed E-state index contributed by atoms with van der Waals surface area (Å²) >= 11 is 0. The molecule has 2 N–H and O–H groups in total. The number of fused-ring (bicyclic) bond motifs is 2. The van der Waals surface area contributed by atoms with E-state index in [1.165, 1.54) is 19.4 Å². The highest BCUT2D eigenvalue weighted by atomic mass is 16.5. The van der Waals surface area contributed by atoms with Gasteiger partial charge in [-0.2, -0.15) is 0 Å². The van der Waals surface area contributed by atoms with Gasteiger partial charge in [0.25, 0.3) is 5.91 Å². The van der Waals surface area contributed by atoms with Gasteiger partial charge < -0.3 is 15.0 Å². The van der Waals surface area contributed by atoms with Crippen LogP contribution in [0, 0.1) is 5.92 Å². The lowest BCUT2D eigenvalue weighted by Gasteiger charge is -2.46. The van der Waals surface area contributed by atoms with Crippen LogP contribution in [0.5, 0.6) is 5.75 Å². The largest absolute Gasteiger partial charge is 0.490 e. The van der Waals surface area contributed by atoms with Gasteiger partial charge in [-0.3, -0.25) is 24.6 Å². The van der Waals surface area contributed by atoms with Crippen molar-refractivity contribution in [2.75, 3.05) is 19.6 Å². The summed E-state index contributed by atoms with van der Waals surface area (Å²) in [5.74, 6) is 0.889. The van der Waals surface area contributed by atoms with Crippen LogP contribution in [0.3, 0.4) is 0 Å². The van der Waals surface area contributed by atoms with Crippen molar-refractivity contribution in [3.05, 3.63) is 29.3 Å². The molecule has 1 spiro atoms. The minimum atomic E-state index is -0.580. The van der Waals surface area contributed by atoms with Crippen molar-refractivity contribution in [2.45, 2.75) is 95.0 Å². The molecule has 2 saturated carbocycles. The number of carbonyl (C=O) groups is 3. The fourth-order valence-electron chi connectivity index (χ4n) is 6.86. The van der Waals surface area contributed by atoms with Gasteiger partial charge >= 0.3 is 0 Å². The standard InChI is InChI=1S/C28H38N4O4/c1-17(2)31(16-18-7-11-29-12-8-18)19-13-21(14-19)36-20-3-4-22-23(15-20)28(9-10-28)32(27(22)35)24-5-6-25(33)30-26(24)34/h3-4,15,17-19,21,24,29H,5-14,16H2,1-2H3,(H,30,33,34). The SMILES string of the molecule is CC(C)N(CC1CCNCC1)C1CC(Oc2ccc3c(c2)C2(CC2)N(C2CCC(=O)NC2=O)C3=O)C1. The Kier molecular flexibility index (Phi) is 6.07. The van der Waals surface area contributed by atoms with E-state index in [4.69, 9.17) is 4.74 Å². The Morgan fingerprint density at radius 3 is 2.53 bits per heavy atom. The summed E-state index contributed by atoms with van der Waals surface area (Å²) in [4.78, 5) is 42.0. The molecule has 1 aromatic rings. The lowest BCUT2D eigenvalue weighted by atomic mass is 9.85. The summed E-state index contributed by atoms with van der Waals surface area (Å²) in [6.07, 6.45) is 7.15. The first kappa shape index (κ1) is 23.9. The van der Waals surface area contributed by atoms with E-state index in [2.05, 4.69) is 29.4 Å². The molecule has 1 atom stereocenters. The molecular formula is C28H38N4O4. The molecule has 0 aromatic heterocycles. The van der Waals surface area contributed by atoms with Crippen molar-refractivity contribution < 1.29 is 19.1 Å². The highest BCUT2D eigenvalue weighted by Gasteiger charge is 2.61. The zero-order chi connectivity index (χ0) is 25.0. The number of imide groups is 1. The maximum Gasteiger partial charge on any atom is 0.255 e. The fraction of sp³-hybridized carbons (Fsp3) is 0.679. The van der Waals surface area contributed by atoms with E-state index in [0.717, 1.165) is 56.0 Å². The topological polar surface area (TPSA) is 91.0 Å². The molecule has 3 heterocycles. The predicted octanol–water partition coefficient (Wildman–Crippen LogP) is 2.56. The van der Waals surface area contributed by atoms with Gasteiger partial charge in [-0.1, -0.05) is 0 Å². The number of piperidine rings is 2. The third-order valence-electron chi connectivity index (χ3n) is 9.08. The van der Waals surface area contributed by atoms with Crippen LogP contribution in [0.15, 0.2) is 18.2 Å². The van der Waals surface area contributed by atoms with Crippen LogP contribution in [0.1, 0.15) is 81.1 Å². The average molecular weight is 495 g/mol. The molecule has 4 fully saturated rings. The summed E-state index contributed by atoms with van der Waals surface area (Å²) in [6, 6.07) is 6.33. The lowest BCUT2D eigenvalue weighted by Crippen LogP contribution is -2.55. The molecule has 0 bridgehead atoms. The molecule has 6 rings (SSSR count). The van der Waals surface area contributed by atoms with Gasteiger partial charge in [0, 0.05) is 43.5 Å². The number of hydrogen-bond acceptors (Lipinski definition) is 6. The molecule has 3 aliphatic heterocycles. The summed E-state index contributed by atoms with van der Waals surface area (Å²) < 4.78 is 6.41. The van der Waals surface area contributed by atoms with Crippen LogP contribution in [0.2, 0.25) is 0 Å². The number of nitrogens with one attached hydrogen (secondary N) is 2. The highest BCUT2D eigenvalue weighted by Crippen LogP contribution is 2.58. The van der Waals surface area contributed by atoms with Crippen LogP contribution in [0.25, 0.3) is 0 Å². The highest BCUT2D eigenvalue weighted by molar-refractivity contribution is 6.06. The van der Waals surface area contributed by atoms with Gasteiger partial charge in [0.15, 0.2) is 0 Å². The van der Waals surface area contributed by atoms with E-state index in [0.29, 0.717) is 24.1 Å². The van der Waals surface area contributed by atoms with Crippen molar-refractivity contribution in [3.8, 4) is 5.75 Å². The lowest BCUT2D eigenvalue weighted by molar-refractivity contribution is -0.137. The normalized spacial score (nSPS) is 29.5. The van der Waals surface area contributed by atoms with Gasteiger partial charge in [-0.25, -0.2) is 0 Å². The minimum absolute atomic E-state index is 0.0993. The number of benzene rings is 1. The number of carbonyl (C=O) groups excluding carboxylic acids is 3. The van der Waals surface area contributed by atoms with Crippen molar-refractivity contribution in [1.29, 1.82) is 0 Å². The molecular weight excluding hydrogens is 456 g/mol. The molecule has 2 saturated heterocycles. The van der Waals surface area contributed by atoms with Crippen molar-refractivity contribution in [1.82, 2.24) is 20.4 Å². The Morgan fingerprint density at radius 2 is 1.86 bits per heavy atom. The molecule has 5 aliphatic rings. The summed E-state index contributed by atoms with van der Waals surface area (Å²) in [5.41, 5.74) is 1.24. The number of nitrogens with zero attached hydrogens (tertiary/aromatic N) is 2. The fourth-order valence-corrected chi connectivity index (χ4v) is 6.86. The molecule has 36 heavy (non-hydrogen) atoms. The van der Waals surface area contributed by atoms with Crippen LogP contribution >= 0.6 is 0 Å². The van der Waals surface area contributed by atoms with E-state index in [9.17, 15) is 14.4 Å². The zero-order valence-corrected chi connectivity index (χ0v) is 21.4. The Hall–Kier alpha value is -2.45. The second-order valence-corrected chi connectivity index (χ2v) is 11.7. The maximum atomic E-state index is 13.3. The van der Waals surface area contributed by atoms with Crippen molar-refractivity contribution >= 4 is 17.7 Å². The maximum absolute atomic E-state index is 13.3. The van der Waals surface area contributed by atoms with Gasteiger partial charge in [-0.05, 0) is 88.7 Å². The number of rotatable bonds is 7. The van der Waals surface area contributed by atoms with Crippen LogP contribution in [-0.2, 0) is 15.1 Å². The molecule has 0 radical (unpaired) electrons. The molecule has 1 aromatic carbocycles. The first-order valence-corrected chi connectivity index (χ1v) is 13.8. The predicted molar refractivity (Wildman–Crippen MR) is 135 cm³/mol. The summed E-state index contributed by atoms with van der Waals surface area (Å²) in [7, 11) is 0. The molecule has 1 unspecified atom stereocenters. The van der Waals surface area contributed by atoms with Crippen molar-refractivity contribution in [2.24, 2.45) is 5.92 Å². The van der Waals surface area contributed by atoms with Crippen LogP contribution in [0.4, 0.5) is 0 Å². The molecule has 2 aliphatic carbocycles. The second kappa shape index (κ2) is 9.14. The molecule has 8 nitrogen and oxygen atoms in total. The first-order valence-electron chi connectivity index (χ1n) is 13.8. The minimum Gasteiger partial charge on any atom is -0.490 e. The smallest absolute Gasteiger partial charge is 0.255 e. The Bertz CT molecular complexity index is 1060. The molecule has 3 amide bonds. The van der Waals surface area contributed by atoms with Gasteiger partial charge in [0.05, 0.1) is 5.54 Å². The van der Waals surface area contributed by atoms with E-state index in [-0.39, 0.29) is 30.2 Å². The molecule has 194 valence electrons. The van der Waals surface area contributed by atoms with Gasteiger partial charge in [0.2, 0.25) is 11.8 Å². The summed E-state index contributed by atoms with van der Waals surface area (Å²) in [5, 5.41) is 5.88. The van der Waals surface area contributed by atoms with E-state index < -0.39 is 11.6 Å². The van der Waals surface area contributed by atoms with Crippen LogP contribution in [-0.4, -0.2) is 71.4 Å². The van der Waals surface area contributed by atoms with E-state index >= 15 is 0 Å². The van der Waals surface area contributed by atoms with Crippen LogP contribution < -0.4 is 15.4 Å². The molecule has 8 heteroatoms.